The standard InChI is InChI=1S/C46H60/c1-41(2,3)31-22-32(42(4,5)6)27-20-28-35(45(13,14)15)24-36(46(16,17)18)30-21-29-34(44(10,11)12)23-33(43(7,8)9)26-19-25(31)37(27)40(38(26)29)39(28)30/h19-24H,1-18H3. The fourth-order valence-electron chi connectivity index (χ4n) is 8.38. The Balaban J connectivity index is 2.15. The maximum Gasteiger partial charge on any atom is 0.107 e. The van der Waals surface area contributed by atoms with Gasteiger partial charge in [-0.2, -0.15) is 0 Å². The number of benzene rings is 6. The van der Waals surface area contributed by atoms with Crippen LogP contribution in [0.3, 0.4) is 0 Å². The van der Waals surface area contributed by atoms with Gasteiger partial charge in [-0.05, 0) is 79.7 Å². The summed E-state index contributed by atoms with van der Waals surface area (Å²) in [7, 11) is 0. The second kappa shape index (κ2) is 9.39. The summed E-state index contributed by atoms with van der Waals surface area (Å²) in [4.78, 5) is 0. The van der Waals surface area contributed by atoms with Gasteiger partial charge in [0.25, 0.3) is 0 Å². The monoisotopic (exact) mass is 612 g/mol. The quantitative estimate of drug-likeness (QED) is 0.0909. The highest BCUT2D eigenvalue weighted by Crippen LogP contribution is 2.54. The molecule has 0 spiro atoms. The van der Waals surface area contributed by atoms with Crippen LogP contribution in [0.2, 0.25) is 0 Å². The van der Waals surface area contributed by atoms with Crippen molar-refractivity contribution in [3.63, 3.8) is 0 Å². The van der Waals surface area contributed by atoms with E-state index in [4.69, 9.17) is 0 Å². The zero-order valence-electron chi connectivity index (χ0n) is 32.5. The molecule has 0 heteroatoms. The smallest absolute Gasteiger partial charge is 0.107 e. The average molecular weight is 613 g/mol. The zero-order chi connectivity index (χ0) is 34.5. The fourth-order valence-corrected chi connectivity index (χ4v) is 8.38. The normalized spacial score (nSPS) is 14.7. The maximum atomic E-state index is 2.61. The van der Waals surface area contributed by atoms with Gasteiger partial charge in [-0.1, -0.05) is 106 Å². The van der Waals surface area contributed by atoms with E-state index in [0.717, 1.165) is 0 Å². The first-order chi connectivity index (χ1) is 20.6. The van der Waals surface area contributed by atoms with E-state index in [2.05, 4.69) is 161 Å². The van der Waals surface area contributed by atoms with Gasteiger partial charge in [0, 0.05) is 50.1 Å². The summed E-state index contributed by atoms with van der Waals surface area (Å²) in [6, 6.07) is 15.6. The molecule has 0 heterocycles. The fraction of sp³-hybridized carbons (Fsp3) is 0.522. The molecule has 0 aromatic heterocycles. The van der Waals surface area contributed by atoms with Crippen LogP contribution < -0.4 is 0 Å². The summed E-state index contributed by atoms with van der Waals surface area (Å²) in [5.74, 6) is 0. The average Bonchev–Trinajstić information content (AvgIpc) is 2.84. The van der Waals surface area contributed by atoms with Gasteiger partial charge in [0.1, 0.15) is 5.39 Å². The number of rotatable bonds is 0. The SMILES string of the molecule is CC(C)(C)c1cc(C(C)(C)C)c2cc3c4c(cc5c6c(cc1c2c46)c(C(C)(C)C)c[c-]5C(C)(C)C)c(C(C)(C)C)c[c+]3C(C)(C)C. The molecule has 0 aliphatic heterocycles. The van der Waals surface area contributed by atoms with Gasteiger partial charge in [-0.15, -0.1) is 28.6 Å². The highest BCUT2D eigenvalue weighted by atomic mass is 14.4. The van der Waals surface area contributed by atoms with Crippen LogP contribution in [0.15, 0.2) is 36.4 Å². The van der Waals surface area contributed by atoms with E-state index in [1.165, 1.54) is 87.2 Å². The van der Waals surface area contributed by atoms with Crippen molar-refractivity contribution in [3.05, 3.63) is 69.8 Å². The second-order valence-corrected chi connectivity index (χ2v) is 20.8. The van der Waals surface area contributed by atoms with Crippen molar-refractivity contribution >= 4 is 53.9 Å². The lowest BCUT2D eigenvalue weighted by molar-refractivity contribution is 0.576. The maximum absolute atomic E-state index is 2.61. The first-order valence-corrected chi connectivity index (χ1v) is 17.7. The van der Waals surface area contributed by atoms with Crippen molar-refractivity contribution in [1.29, 1.82) is 0 Å². The minimum atomic E-state index is 0.00271. The van der Waals surface area contributed by atoms with Crippen LogP contribution in [0.4, 0.5) is 0 Å². The molecule has 0 unspecified atom stereocenters. The van der Waals surface area contributed by atoms with Crippen molar-refractivity contribution in [1.82, 2.24) is 0 Å². The Labute approximate surface area is 280 Å². The minimum Gasteiger partial charge on any atom is -0.137 e. The van der Waals surface area contributed by atoms with Gasteiger partial charge in [-0.25, -0.2) is 0 Å². The number of hydrogen-bond acceptors (Lipinski definition) is 0. The highest BCUT2D eigenvalue weighted by Gasteiger charge is 2.35. The zero-order valence-corrected chi connectivity index (χ0v) is 32.5. The van der Waals surface area contributed by atoms with E-state index in [1.54, 1.807) is 0 Å². The Bertz CT molecular complexity index is 1770. The van der Waals surface area contributed by atoms with Crippen LogP contribution in [0, 0.1) is 0 Å². The molecule has 0 fully saturated rings. The summed E-state index contributed by atoms with van der Waals surface area (Å²) >= 11 is 0. The van der Waals surface area contributed by atoms with Crippen LogP contribution in [0.25, 0.3) is 53.9 Å². The molecule has 46 heavy (non-hydrogen) atoms. The predicted molar refractivity (Wildman–Crippen MR) is 209 cm³/mol. The van der Waals surface area contributed by atoms with E-state index < -0.39 is 0 Å². The van der Waals surface area contributed by atoms with Crippen LogP contribution in [-0.2, 0) is 32.5 Å². The second-order valence-electron chi connectivity index (χ2n) is 20.8. The summed E-state index contributed by atoms with van der Waals surface area (Å²) in [6.45, 7) is 43.3. The van der Waals surface area contributed by atoms with Gasteiger partial charge in [0.05, 0.1) is 10.9 Å². The highest BCUT2D eigenvalue weighted by molar-refractivity contribution is 6.39. The molecule has 0 aliphatic rings. The molecule has 0 bridgehead atoms. The van der Waals surface area contributed by atoms with E-state index in [-0.39, 0.29) is 32.5 Å². The molecule has 244 valence electrons. The van der Waals surface area contributed by atoms with E-state index in [0.29, 0.717) is 0 Å². The molecular weight excluding hydrogens is 553 g/mol. The van der Waals surface area contributed by atoms with Gasteiger partial charge in [0.2, 0.25) is 0 Å². The summed E-state index contributed by atoms with van der Waals surface area (Å²) in [5, 5.41) is 14.5. The molecule has 0 N–H and O–H groups in total. The molecule has 0 radical (unpaired) electrons. The molecule has 0 saturated heterocycles. The lowest BCUT2D eigenvalue weighted by atomic mass is 9.69. The molecule has 6 aromatic carbocycles. The van der Waals surface area contributed by atoms with Gasteiger partial charge in [0.15, 0.2) is 0 Å². The van der Waals surface area contributed by atoms with Crippen molar-refractivity contribution < 1.29 is 0 Å². The van der Waals surface area contributed by atoms with Crippen LogP contribution in [-0.4, -0.2) is 0 Å². The molecular formula is C46H60. The Morgan fingerprint density at radius 3 is 1.35 bits per heavy atom. The van der Waals surface area contributed by atoms with Crippen molar-refractivity contribution in [3.8, 4) is 0 Å². The molecule has 0 atom stereocenters. The summed E-state index contributed by atoms with van der Waals surface area (Å²) in [5.41, 5.74) is 8.80. The Morgan fingerprint density at radius 2 is 0.891 bits per heavy atom. The largest absolute Gasteiger partial charge is 0.137 e. The van der Waals surface area contributed by atoms with E-state index in [1.807, 2.05) is 0 Å². The topological polar surface area (TPSA) is 0 Å². The number of hydrogen-bond donors (Lipinski definition) is 0. The Hall–Kier alpha value is -2.86. The molecule has 0 nitrogen and oxygen atoms in total. The van der Waals surface area contributed by atoms with Crippen LogP contribution >= 0.6 is 0 Å². The lowest BCUT2D eigenvalue weighted by Gasteiger charge is -2.37. The van der Waals surface area contributed by atoms with Gasteiger partial charge in [-0.3, -0.25) is 0 Å². The van der Waals surface area contributed by atoms with Crippen molar-refractivity contribution in [2.24, 2.45) is 0 Å². The summed E-state index contributed by atoms with van der Waals surface area (Å²) in [6.07, 6.45) is 0. The van der Waals surface area contributed by atoms with E-state index >= 15 is 0 Å². The third kappa shape index (κ3) is 4.83. The molecule has 0 aliphatic carbocycles. The first kappa shape index (κ1) is 33.1. The first-order valence-electron chi connectivity index (χ1n) is 17.7. The Morgan fingerprint density at radius 1 is 0.435 bits per heavy atom. The lowest BCUT2D eigenvalue weighted by Crippen LogP contribution is -2.20. The third-order valence-corrected chi connectivity index (χ3v) is 10.7. The molecule has 6 aromatic rings. The van der Waals surface area contributed by atoms with Crippen molar-refractivity contribution in [2.45, 2.75) is 157 Å². The minimum absolute atomic E-state index is 0.00271. The van der Waals surface area contributed by atoms with E-state index in [9.17, 15) is 0 Å². The Kier molecular flexibility index (Phi) is 6.75. The molecule has 0 saturated carbocycles. The van der Waals surface area contributed by atoms with Gasteiger partial charge >= 0.3 is 0 Å². The van der Waals surface area contributed by atoms with Gasteiger partial charge < -0.3 is 0 Å². The summed E-state index contributed by atoms with van der Waals surface area (Å²) < 4.78 is 0. The molecule has 0 amide bonds. The molecule has 6 rings (SSSR count). The predicted octanol–water partition coefficient (Wildman–Crippen LogP) is 14.1. The third-order valence-electron chi connectivity index (χ3n) is 10.7. The van der Waals surface area contributed by atoms with Crippen LogP contribution in [0.1, 0.15) is 158 Å². The van der Waals surface area contributed by atoms with Crippen molar-refractivity contribution in [2.75, 3.05) is 0 Å². The van der Waals surface area contributed by atoms with Crippen LogP contribution in [0.5, 0.6) is 0 Å².